The summed E-state index contributed by atoms with van der Waals surface area (Å²) in [7, 11) is -3.50. The Bertz CT molecular complexity index is 1110. The molecular weight excluding hydrogens is 416 g/mol. The van der Waals surface area contributed by atoms with Crippen LogP contribution >= 0.6 is 0 Å². The van der Waals surface area contributed by atoms with Crippen molar-refractivity contribution in [3.63, 3.8) is 0 Å². The third-order valence-corrected chi connectivity index (χ3v) is 8.98. The van der Waals surface area contributed by atoms with Gasteiger partial charge in [-0.2, -0.15) is 4.31 Å². The number of sulfonamides is 1. The molecule has 0 bridgehead atoms. The van der Waals surface area contributed by atoms with Crippen LogP contribution in [0.5, 0.6) is 0 Å². The summed E-state index contributed by atoms with van der Waals surface area (Å²) in [6, 6.07) is 30.3. The molecule has 5 heteroatoms. The van der Waals surface area contributed by atoms with Crippen LogP contribution in [-0.2, 0) is 10.0 Å². The van der Waals surface area contributed by atoms with Gasteiger partial charge < -0.3 is 0 Å². The highest BCUT2D eigenvalue weighted by molar-refractivity contribution is 7.89. The second kappa shape index (κ2) is 9.18. The molecule has 166 valence electrons. The van der Waals surface area contributed by atoms with Crippen molar-refractivity contribution in [2.75, 3.05) is 26.2 Å². The highest BCUT2D eigenvalue weighted by atomic mass is 32.2. The minimum Gasteiger partial charge on any atom is -0.298 e. The van der Waals surface area contributed by atoms with Crippen LogP contribution in [0.1, 0.15) is 35.8 Å². The monoisotopic (exact) mass is 446 g/mol. The maximum absolute atomic E-state index is 13.4. The molecule has 0 aliphatic carbocycles. The molecule has 4 nitrogen and oxygen atoms in total. The first kappa shape index (κ1) is 21.4. The zero-order chi connectivity index (χ0) is 22.0. The smallest absolute Gasteiger partial charge is 0.243 e. The molecule has 0 saturated carbocycles. The predicted octanol–water partition coefficient (Wildman–Crippen LogP) is 4.72. The van der Waals surface area contributed by atoms with Crippen LogP contribution in [0.3, 0.4) is 0 Å². The van der Waals surface area contributed by atoms with Gasteiger partial charge in [0.15, 0.2) is 0 Å². The van der Waals surface area contributed by atoms with Crippen molar-refractivity contribution < 1.29 is 8.42 Å². The molecule has 2 aliphatic rings. The fourth-order valence-electron chi connectivity index (χ4n) is 5.38. The van der Waals surface area contributed by atoms with Crippen LogP contribution in [0, 0.1) is 0 Å². The van der Waals surface area contributed by atoms with Crippen LogP contribution in [0.4, 0.5) is 0 Å². The molecule has 2 heterocycles. The van der Waals surface area contributed by atoms with E-state index >= 15 is 0 Å². The van der Waals surface area contributed by atoms with E-state index < -0.39 is 10.0 Å². The minimum atomic E-state index is -3.50. The lowest BCUT2D eigenvalue weighted by atomic mass is 9.87. The van der Waals surface area contributed by atoms with Crippen LogP contribution in [0.25, 0.3) is 0 Å². The predicted molar refractivity (Wildman–Crippen MR) is 128 cm³/mol. The second-order valence-electron chi connectivity index (χ2n) is 8.94. The largest absolute Gasteiger partial charge is 0.298 e. The number of benzene rings is 3. The van der Waals surface area contributed by atoms with Gasteiger partial charge >= 0.3 is 0 Å². The lowest BCUT2D eigenvalue weighted by Gasteiger charge is -2.38. The van der Waals surface area contributed by atoms with Crippen molar-refractivity contribution in [1.29, 1.82) is 0 Å². The first-order valence-electron chi connectivity index (χ1n) is 11.5. The molecule has 3 aromatic carbocycles. The minimum absolute atomic E-state index is 0.183. The summed E-state index contributed by atoms with van der Waals surface area (Å²) in [6.07, 6.45) is 2.24. The molecule has 5 rings (SSSR count). The van der Waals surface area contributed by atoms with Gasteiger partial charge in [-0.3, -0.25) is 4.90 Å². The maximum Gasteiger partial charge on any atom is 0.243 e. The summed E-state index contributed by atoms with van der Waals surface area (Å²) in [4.78, 5) is 2.92. The zero-order valence-corrected chi connectivity index (χ0v) is 19.1. The quantitative estimate of drug-likeness (QED) is 0.569. The van der Waals surface area contributed by atoms with Crippen molar-refractivity contribution in [2.24, 2.45) is 0 Å². The molecule has 0 spiro atoms. The highest BCUT2D eigenvalue weighted by Crippen LogP contribution is 2.37. The van der Waals surface area contributed by atoms with Gasteiger partial charge in [0.25, 0.3) is 0 Å². The number of rotatable bonds is 5. The molecule has 32 heavy (non-hydrogen) atoms. The lowest BCUT2D eigenvalue weighted by molar-refractivity contribution is 0.148. The molecule has 0 amide bonds. The fraction of sp³-hybridized carbons (Fsp3) is 0.333. The Morgan fingerprint density at radius 2 is 1.19 bits per heavy atom. The van der Waals surface area contributed by atoms with E-state index in [-0.39, 0.29) is 12.0 Å². The van der Waals surface area contributed by atoms with Crippen LogP contribution in [0.15, 0.2) is 95.9 Å². The fourth-order valence-corrected chi connectivity index (χ4v) is 6.88. The number of hydrogen-bond acceptors (Lipinski definition) is 3. The Morgan fingerprint density at radius 3 is 1.78 bits per heavy atom. The SMILES string of the molecule is O=S(=O)(c1ccccc1)N1C[C@@H](N2CCC(c3ccccc3)CC2)[C@H](c2ccccc2)C1. The van der Waals surface area contributed by atoms with E-state index in [2.05, 4.69) is 59.5 Å². The van der Waals surface area contributed by atoms with Gasteiger partial charge in [-0.05, 0) is 55.1 Å². The average molecular weight is 447 g/mol. The summed E-state index contributed by atoms with van der Waals surface area (Å²) in [5, 5.41) is 0. The zero-order valence-electron chi connectivity index (χ0n) is 18.3. The Kier molecular flexibility index (Phi) is 6.13. The third-order valence-electron chi connectivity index (χ3n) is 7.13. The Labute approximate surface area is 191 Å². The van der Waals surface area contributed by atoms with E-state index in [1.54, 1.807) is 28.6 Å². The molecule has 0 aromatic heterocycles. The summed E-state index contributed by atoms with van der Waals surface area (Å²) in [5.41, 5.74) is 2.65. The van der Waals surface area contributed by atoms with E-state index in [1.165, 1.54) is 11.1 Å². The Morgan fingerprint density at radius 1 is 0.656 bits per heavy atom. The first-order chi connectivity index (χ1) is 15.6. The Balaban J connectivity index is 1.37. The number of nitrogens with zero attached hydrogens (tertiary/aromatic N) is 2. The Hall–Kier alpha value is -2.47. The topological polar surface area (TPSA) is 40.6 Å². The van der Waals surface area contributed by atoms with Gasteiger partial charge in [0.05, 0.1) is 4.90 Å². The standard InChI is InChI=1S/C27H30N2O2S/c30-32(31,25-14-8-3-9-15-25)29-20-26(24-12-6-2-7-13-24)27(21-29)28-18-16-23(17-19-28)22-10-4-1-5-11-22/h1-15,23,26-27H,16-21H2/t26-,27+/m0/s1. The molecule has 2 aliphatic heterocycles. The van der Waals surface area contributed by atoms with E-state index in [1.807, 2.05) is 12.1 Å². The van der Waals surface area contributed by atoms with Gasteiger partial charge in [-0.1, -0.05) is 78.9 Å². The average Bonchev–Trinajstić information content (AvgIpc) is 3.32. The van der Waals surface area contributed by atoms with E-state index in [4.69, 9.17) is 0 Å². The molecule has 2 fully saturated rings. The van der Waals surface area contributed by atoms with Gasteiger partial charge in [0.2, 0.25) is 10.0 Å². The van der Waals surface area contributed by atoms with Crippen molar-refractivity contribution >= 4 is 10.0 Å². The van der Waals surface area contributed by atoms with Crippen LogP contribution in [-0.4, -0.2) is 49.8 Å². The first-order valence-corrected chi connectivity index (χ1v) is 13.0. The summed E-state index contributed by atoms with van der Waals surface area (Å²) < 4.78 is 28.5. The van der Waals surface area contributed by atoms with Crippen LogP contribution in [0.2, 0.25) is 0 Å². The van der Waals surface area contributed by atoms with Crippen molar-refractivity contribution in [3.8, 4) is 0 Å². The third kappa shape index (κ3) is 4.25. The molecular formula is C27H30N2O2S. The second-order valence-corrected chi connectivity index (χ2v) is 10.9. The summed E-state index contributed by atoms with van der Waals surface area (Å²) >= 11 is 0. The summed E-state index contributed by atoms with van der Waals surface area (Å²) in [6.45, 7) is 3.09. The van der Waals surface area contributed by atoms with Crippen molar-refractivity contribution in [2.45, 2.75) is 35.6 Å². The molecule has 0 N–H and O–H groups in total. The van der Waals surface area contributed by atoms with Gasteiger partial charge in [-0.25, -0.2) is 8.42 Å². The van der Waals surface area contributed by atoms with E-state index in [0.717, 1.165) is 25.9 Å². The molecule has 2 atom stereocenters. The number of likely N-dealkylation sites (tertiary alicyclic amines) is 1. The van der Waals surface area contributed by atoms with Crippen LogP contribution < -0.4 is 0 Å². The molecule has 0 radical (unpaired) electrons. The number of piperidine rings is 1. The van der Waals surface area contributed by atoms with Crippen molar-refractivity contribution in [3.05, 3.63) is 102 Å². The molecule has 0 unspecified atom stereocenters. The molecule has 3 aromatic rings. The van der Waals surface area contributed by atoms with Crippen molar-refractivity contribution in [1.82, 2.24) is 9.21 Å². The number of hydrogen-bond donors (Lipinski definition) is 0. The van der Waals surface area contributed by atoms with E-state index in [9.17, 15) is 8.42 Å². The molecule has 2 saturated heterocycles. The normalized spacial score (nSPS) is 23.4. The highest BCUT2D eigenvalue weighted by Gasteiger charge is 2.43. The maximum atomic E-state index is 13.4. The van der Waals surface area contributed by atoms with Gasteiger partial charge in [0.1, 0.15) is 0 Å². The summed E-state index contributed by atoms with van der Waals surface area (Å²) in [5.74, 6) is 0.774. The van der Waals surface area contributed by atoms with Gasteiger partial charge in [0, 0.05) is 25.0 Å². The van der Waals surface area contributed by atoms with E-state index in [0.29, 0.717) is 23.9 Å². The lowest BCUT2D eigenvalue weighted by Crippen LogP contribution is -2.45. The van der Waals surface area contributed by atoms with Gasteiger partial charge in [-0.15, -0.1) is 0 Å².